The molecule has 0 aromatic carbocycles. The van der Waals surface area contributed by atoms with Gasteiger partial charge in [-0.2, -0.15) is 0 Å². The van der Waals surface area contributed by atoms with E-state index in [1.54, 1.807) is 6.20 Å². The average molecular weight is 207 g/mol. The highest BCUT2D eigenvalue weighted by Crippen LogP contribution is 2.16. The van der Waals surface area contributed by atoms with Crippen molar-refractivity contribution in [3.63, 3.8) is 0 Å². The van der Waals surface area contributed by atoms with Crippen molar-refractivity contribution in [1.82, 2.24) is 9.97 Å². The Morgan fingerprint density at radius 1 is 1.53 bits per heavy atom. The lowest BCUT2D eigenvalue weighted by molar-refractivity contribution is 0.0231. The van der Waals surface area contributed by atoms with Crippen LogP contribution in [0.2, 0.25) is 0 Å². The summed E-state index contributed by atoms with van der Waals surface area (Å²) in [7, 11) is 0. The van der Waals surface area contributed by atoms with Crippen molar-refractivity contribution in [2.45, 2.75) is 38.8 Å². The largest absolute Gasteiger partial charge is 0.378 e. The summed E-state index contributed by atoms with van der Waals surface area (Å²) < 4.78 is 5.49. The summed E-state index contributed by atoms with van der Waals surface area (Å²) in [5.41, 5.74) is 0.993. The Balaban J connectivity index is 1.96. The molecule has 0 aliphatic carbocycles. The van der Waals surface area contributed by atoms with Gasteiger partial charge in [-0.25, -0.2) is 9.97 Å². The molecule has 0 radical (unpaired) electrons. The second-order valence-electron chi connectivity index (χ2n) is 4.07. The van der Waals surface area contributed by atoms with E-state index in [9.17, 15) is 0 Å². The van der Waals surface area contributed by atoms with Crippen molar-refractivity contribution in [1.29, 1.82) is 0 Å². The van der Waals surface area contributed by atoms with Gasteiger partial charge in [0, 0.05) is 24.5 Å². The predicted molar refractivity (Wildman–Crippen MR) is 58.8 cm³/mol. The highest BCUT2D eigenvalue weighted by molar-refractivity contribution is 5.26. The van der Waals surface area contributed by atoms with Crippen molar-refractivity contribution >= 4 is 5.95 Å². The fourth-order valence-corrected chi connectivity index (χ4v) is 1.83. The van der Waals surface area contributed by atoms with Gasteiger partial charge in [-0.15, -0.1) is 0 Å². The maximum absolute atomic E-state index is 5.49. The highest BCUT2D eigenvalue weighted by Gasteiger charge is 2.19. The first-order valence-corrected chi connectivity index (χ1v) is 5.42. The number of aryl methyl sites for hydroxylation is 1. The number of hydrogen-bond acceptors (Lipinski definition) is 4. The monoisotopic (exact) mass is 207 g/mol. The van der Waals surface area contributed by atoms with Crippen LogP contribution in [0.5, 0.6) is 0 Å². The lowest BCUT2D eigenvalue weighted by atomic mass is 10.0. The quantitative estimate of drug-likeness (QED) is 0.802. The molecule has 1 fully saturated rings. The first-order valence-electron chi connectivity index (χ1n) is 5.42. The van der Waals surface area contributed by atoms with Gasteiger partial charge in [0.2, 0.25) is 5.95 Å². The number of hydrogen-bond donors (Lipinski definition) is 1. The Bertz CT molecular complexity index is 329. The summed E-state index contributed by atoms with van der Waals surface area (Å²) in [5, 5.41) is 3.35. The van der Waals surface area contributed by atoms with Crippen LogP contribution in [0.3, 0.4) is 0 Å². The number of anilines is 1. The minimum absolute atomic E-state index is 0.334. The molecule has 0 saturated carbocycles. The van der Waals surface area contributed by atoms with E-state index in [1.165, 1.54) is 0 Å². The van der Waals surface area contributed by atoms with E-state index in [0.717, 1.165) is 31.1 Å². The molecule has 1 aromatic heterocycles. The Morgan fingerprint density at radius 3 is 3.13 bits per heavy atom. The molecule has 4 heteroatoms. The maximum Gasteiger partial charge on any atom is 0.223 e. The Kier molecular flexibility index (Phi) is 3.16. The summed E-state index contributed by atoms with van der Waals surface area (Å²) in [6, 6.07) is 2.34. The van der Waals surface area contributed by atoms with Crippen LogP contribution in [0.15, 0.2) is 12.3 Å². The summed E-state index contributed by atoms with van der Waals surface area (Å²) in [6.07, 6.45) is 4.17. The molecular formula is C11H17N3O. The number of nitrogens with one attached hydrogen (secondary N) is 1. The number of nitrogens with zero attached hydrogens (tertiary/aromatic N) is 2. The first-order chi connectivity index (χ1) is 7.24. The topological polar surface area (TPSA) is 47.0 Å². The molecule has 2 rings (SSSR count). The third kappa shape index (κ3) is 2.89. The van der Waals surface area contributed by atoms with Crippen molar-refractivity contribution in [2.75, 3.05) is 11.9 Å². The lowest BCUT2D eigenvalue weighted by Gasteiger charge is -2.27. The van der Waals surface area contributed by atoms with Crippen LogP contribution in [0.4, 0.5) is 5.95 Å². The zero-order valence-electron chi connectivity index (χ0n) is 9.23. The van der Waals surface area contributed by atoms with Crippen molar-refractivity contribution < 1.29 is 4.74 Å². The normalized spacial score (nSPS) is 26.3. The van der Waals surface area contributed by atoms with Gasteiger partial charge in [0.1, 0.15) is 0 Å². The molecule has 1 aromatic rings. The molecule has 2 unspecified atom stereocenters. The van der Waals surface area contributed by atoms with E-state index in [2.05, 4.69) is 22.2 Å². The van der Waals surface area contributed by atoms with Crippen molar-refractivity contribution in [3.05, 3.63) is 18.0 Å². The minimum Gasteiger partial charge on any atom is -0.378 e. The summed E-state index contributed by atoms with van der Waals surface area (Å²) >= 11 is 0. The van der Waals surface area contributed by atoms with E-state index in [4.69, 9.17) is 4.74 Å². The van der Waals surface area contributed by atoms with E-state index >= 15 is 0 Å². The van der Waals surface area contributed by atoms with Crippen LogP contribution in [-0.4, -0.2) is 28.7 Å². The van der Waals surface area contributed by atoms with E-state index in [1.807, 2.05) is 13.0 Å². The van der Waals surface area contributed by atoms with Crippen LogP contribution in [0.25, 0.3) is 0 Å². The molecular weight excluding hydrogens is 190 g/mol. The van der Waals surface area contributed by atoms with E-state index in [-0.39, 0.29) is 0 Å². The Morgan fingerprint density at radius 2 is 2.40 bits per heavy atom. The zero-order valence-corrected chi connectivity index (χ0v) is 9.23. The average Bonchev–Trinajstić information content (AvgIpc) is 2.17. The Hall–Kier alpha value is -1.16. The van der Waals surface area contributed by atoms with E-state index < -0.39 is 0 Å². The highest BCUT2D eigenvalue weighted by atomic mass is 16.5. The summed E-state index contributed by atoms with van der Waals surface area (Å²) in [4.78, 5) is 8.52. The molecule has 0 bridgehead atoms. The van der Waals surface area contributed by atoms with Crippen LogP contribution in [-0.2, 0) is 4.74 Å². The second kappa shape index (κ2) is 4.57. The van der Waals surface area contributed by atoms with Crippen molar-refractivity contribution in [3.8, 4) is 0 Å². The third-order valence-electron chi connectivity index (χ3n) is 2.61. The summed E-state index contributed by atoms with van der Waals surface area (Å²) in [5.74, 6) is 0.731. The van der Waals surface area contributed by atoms with E-state index in [0.29, 0.717) is 12.1 Å². The predicted octanol–water partition coefficient (Wildman–Crippen LogP) is 1.76. The van der Waals surface area contributed by atoms with Gasteiger partial charge in [-0.1, -0.05) is 0 Å². The van der Waals surface area contributed by atoms with Crippen LogP contribution in [0.1, 0.15) is 25.5 Å². The fraction of sp³-hybridized carbons (Fsp3) is 0.636. The SMILES string of the molecule is Cc1ccnc(NC2CCOC(C)C2)n1. The van der Waals surface area contributed by atoms with Gasteiger partial charge >= 0.3 is 0 Å². The number of rotatable bonds is 2. The maximum atomic E-state index is 5.49. The molecule has 2 atom stereocenters. The van der Waals surface area contributed by atoms with Crippen LogP contribution < -0.4 is 5.32 Å². The zero-order chi connectivity index (χ0) is 10.7. The molecule has 1 aliphatic heterocycles. The van der Waals surface area contributed by atoms with Crippen LogP contribution in [0, 0.1) is 6.92 Å². The van der Waals surface area contributed by atoms with Gasteiger partial charge in [0.15, 0.2) is 0 Å². The third-order valence-corrected chi connectivity index (χ3v) is 2.61. The van der Waals surface area contributed by atoms with Gasteiger partial charge in [-0.3, -0.25) is 0 Å². The molecule has 1 aliphatic rings. The van der Waals surface area contributed by atoms with Gasteiger partial charge in [0.05, 0.1) is 6.10 Å². The van der Waals surface area contributed by atoms with Gasteiger partial charge in [0.25, 0.3) is 0 Å². The first kappa shape index (κ1) is 10.4. The van der Waals surface area contributed by atoms with Gasteiger partial charge < -0.3 is 10.1 Å². The smallest absolute Gasteiger partial charge is 0.223 e. The summed E-state index contributed by atoms with van der Waals surface area (Å²) in [6.45, 7) is 4.90. The molecule has 82 valence electrons. The van der Waals surface area contributed by atoms with Gasteiger partial charge in [-0.05, 0) is 32.8 Å². The van der Waals surface area contributed by atoms with Crippen LogP contribution >= 0.6 is 0 Å². The number of aromatic nitrogens is 2. The fourth-order valence-electron chi connectivity index (χ4n) is 1.83. The molecule has 1 N–H and O–H groups in total. The molecule has 0 amide bonds. The van der Waals surface area contributed by atoms with Crippen molar-refractivity contribution in [2.24, 2.45) is 0 Å². The molecule has 15 heavy (non-hydrogen) atoms. The Labute approximate surface area is 90.1 Å². The molecule has 4 nitrogen and oxygen atoms in total. The molecule has 2 heterocycles. The molecule has 0 spiro atoms. The molecule has 1 saturated heterocycles. The minimum atomic E-state index is 0.334. The second-order valence-corrected chi connectivity index (χ2v) is 4.07. The number of ether oxygens (including phenoxy) is 1. The standard InChI is InChI=1S/C11H17N3O/c1-8-3-5-12-11(13-8)14-10-4-6-15-9(2)7-10/h3,5,9-10H,4,6-7H2,1-2H3,(H,12,13,14). The lowest BCUT2D eigenvalue weighted by Crippen LogP contribution is -2.33.